The molecule has 31 heavy (non-hydrogen) atoms. The molecule has 0 aliphatic heterocycles. The fourth-order valence-electron chi connectivity index (χ4n) is 3.06. The van der Waals surface area contributed by atoms with Crippen molar-refractivity contribution in [2.45, 2.75) is 45.5 Å². The third-order valence-electron chi connectivity index (χ3n) is 5.65. The maximum atomic E-state index is 12.2. The molecule has 4 nitrogen and oxygen atoms in total. The second-order valence-electron chi connectivity index (χ2n) is 8.96. The number of nitrogens with one attached hydrogen (secondary N) is 2. The summed E-state index contributed by atoms with van der Waals surface area (Å²) >= 11 is 0. The van der Waals surface area contributed by atoms with Gasteiger partial charge in [0.05, 0.1) is 0 Å². The van der Waals surface area contributed by atoms with Gasteiger partial charge in [-0.25, -0.2) is 0 Å². The highest BCUT2D eigenvalue weighted by Crippen LogP contribution is 2.12. The topological polar surface area (TPSA) is 58.2 Å². The molecule has 2 N–H and O–H groups in total. The van der Waals surface area contributed by atoms with Gasteiger partial charge in [-0.1, -0.05) is 72.2 Å². The van der Waals surface area contributed by atoms with Crippen LogP contribution >= 0.6 is 0 Å². The van der Waals surface area contributed by atoms with Crippen LogP contribution in [-0.2, 0) is 9.59 Å². The number of hydrogen-bond acceptors (Lipinski definition) is 2. The van der Waals surface area contributed by atoms with Crippen LogP contribution in [0.5, 0.6) is 0 Å². The van der Waals surface area contributed by atoms with Gasteiger partial charge in [0.2, 0.25) is 11.8 Å². The first-order chi connectivity index (χ1) is 14.6. The van der Waals surface area contributed by atoms with Crippen LogP contribution in [-0.4, -0.2) is 28.0 Å². The molecule has 0 aliphatic carbocycles. The summed E-state index contributed by atoms with van der Waals surface area (Å²) in [5.41, 5.74) is 5.64. The molecule has 0 aromatic heterocycles. The van der Waals surface area contributed by atoms with Crippen LogP contribution in [0.3, 0.4) is 0 Å². The number of benzene rings is 2. The van der Waals surface area contributed by atoms with E-state index in [2.05, 4.69) is 74.2 Å². The Bertz CT molecular complexity index is 855. The minimum absolute atomic E-state index is 0.0817. The van der Waals surface area contributed by atoms with Crippen molar-refractivity contribution >= 4 is 49.7 Å². The predicted octanol–water partition coefficient (Wildman–Crippen LogP) is 4.72. The zero-order chi connectivity index (χ0) is 23.1. The van der Waals surface area contributed by atoms with Crippen LogP contribution in [0.2, 0.25) is 26.2 Å². The Morgan fingerprint density at radius 3 is 1.32 bits per heavy atom. The molecule has 0 aliphatic rings. The molecular weight excluding hydrogens is 416 g/mol. The van der Waals surface area contributed by atoms with Crippen LogP contribution in [0.4, 0.5) is 11.4 Å². The Balaban J connectivity index is 1.77. The average molecular weight is 451 g/mol. The van der Waals surface area contributed by atoms with Crippen LogP contribution in [0.25, 0.3) is 0 Å². The fourth-order valence-corrected chi connectivity index (χ4v) is 5.58. The quantitative estimate of drug-likeness (QED) is 0.515. The summed E-state index contributed by atoms with van der Waals surface area (Å²) in [6, 6.07) is 15.9. The molecule has 0 saturated carbocycles. The Morgan fingerprint density at radius 2 is 1.03 bits per heavy atom. The van der Waals surface area contributed by atoms with E-state index in [1.54, 1.807) is 0 Å². The monoisotopic (exact) mass is 450 g/mol. The van der Waals surface area contributed by atoms with Crippen molar-refractivity contribution in [1.29, 1.82) is 0 Å². The van der Waals surface area contributed by atoms with Gasteiger partial charge >= 0.3 is 0 Å². The van der Waals surface area contributed by atoms with E-state index in [4.69, 9.17) is 0 Å². The summed E-state index contributed by atoms with van der Waals surface area (Å²) in [6.07, 6.45) is 1.11. The molecule has 0 radical (unpaired) electrons. The lowest BCUT2D eigenvalue weighted by Gasteiger charge is -2.18. The number of carbonyl (C=O) groups excluding carboxylic acids is 2. The minimum atomic E-state index is -1.59. The molecule has 2 rings (SSSR count). The molecule has 0 heterocycles. The number of carbonyl (C=O) groups is 2. The van der Waals surface area contributed by atoms with E-state index in [0.29, 0.717) is 19.3 Å². The molecule has 0 fully saturated rings. The zero-order valence-corrected chi connectivity index (χ0v) is 21.1. The van der Waals surface area contributed by atoms with Gasteiger partial charge in [-0.2, -0.15) is 0 Å². The van der Waals surface area contributed by atoms with Crippen molar-refractivity contribution in [1.82, 2.24) is 0 Å². The van der Waals surface area contributed by atoms with Crippen LogP contribution in [0, 0.1) is 0 Å². The van der Waals surface area contributed by atoms with E-state index in [-0.39, 0.29) is 11.8 Å². The van der Waals surface area contributed by atoms with Crippen molar-refractivity contribution < 1.29 is 9.59 Å². The van der Waals surface area contributed by atoms with Crippen molar-refractivity contribution in [3.8, 4) is 0 Å². The summed E-state index contributed by atoms with van der Waals surface area (Å²) in [5.74, 6) is -0.163. The first-order valence-corrected chi connectivity index (χ1v) is 16.8. The second-order valence-corrected chi connectivity index (χ2v) is 17.8. The predicted molar refractivity (Wildman–Crippen MR) is 139 cm³/mol. The molecule has 6 heteroatoms. The number of anilines is 2. The smallest absolute Gasteiger partial charge is 0.224 e. The average Bonchev–Trinajstić information content (AvgIpc) is 2.74. The van der Waals surface area contributed by atoms with Crippen molar-refractivity contribution in [3.05, 3.63) is 73.1 Å². The summed E-state index contributed by atoms with van der Waals surface area (Å²) in [4.78, 5) is 24.4. The summed E-state index contributed by atoms with van der Waals surface area (Å²) in [5, 5.41) is 8.36. The molecule has 0 atom stereocenters. The van der Waals surface area contributed by atoms with E-state index in [9.17, 15) is 9.59 Å². The number of amides is 2. The lowest BCUT2D eigenvalue weighted by atomic mass is 10.2. The highest BCUT2D eigenvalue weighted by atomic mass is 28.3. The summed E-state index contributed by atoms with van der Waals surface area (Å²) in [6.45, 7) is 16.8. The molecule has 164 valence electrons. The molecule has 0 spiro atoms. The lowest BCUT2D eigenvalue weighted by Crippen LogP contribution is -2.39. The van der Waals surface area contributed by atoms with E-state index in [1.807, 2.05) is 35.7 Å². The Morgan fingerprint density at radius 1 is 0.710 bits per heavy atom. The van der Waals surface area contributed by atoms with Gasteiger partial charge < -0.3 is 10.6 Å². The molecule has 2 aromatic carbocycles. The van der Waals surface area contributed by atoms with Gasteiger partial charge in [-0.15, -0.1) is 13.2 Å². The third-order valence-corrected chi connectivity index (χ3v) is 11.3. The standard InChI is InChI=1S/C25H34N2O2Si2/c1-7-30(3,4)22-16-12-20(13-17-22)26-24(28)10-9-11-25(29)27-21-14-18-23(19-15-21)31(5,6)8-2/h7-8,12-19H,1-2,9-11H2,3-6H3,(H,26,28)(H,27,29). The van der Waals surface area contributed by atoms with Crippen molar-refractivity contribution in [3.63, 3.8) is 0 Å². The lowest BCUT2D eigenvalue weighted by molar-refractivity contribution is -0.117. The van der Waals surface area contributed by atoms with Crippen LogP contribution < -0.4 is 21.0 Å². The van der Waals surface area contributed by atoms with Crippen molar-refractivity contribution in [2.24, 2.45) is 0 Å². The molecule has 2 amide bonds. The van der Waals surface area contributed by atoms with E-state index in [1.165, 1.54) is 10.4 Å². The zero-order valence-electron chi connectivity index (χ0n) is 19.1. The SMILES string of the molecule is C=C[Si](C)(C)c1ccc(NC(=O)CCCC(=O)Nc2ccc([Si](C)(C)C=C)cc2)cc1. The van der Waals surface area contributed by atoms with E-state index in [0.717, 1.165) is 11.4 Å². The Labute approximate surface area is 188 Å². The van der Waals surface area contributed by atoms with E-state index < -0.39 is 16.1 Å². The second kappa shape index (κ2) is 10.5. The highest BCUT2D eigenvalue weighted by molar-refractivity contribution is 6.94. The normalized spacial score (nSPS) is 11.5. The van der Waals surface area contributed by atoms with Crippen molar-refractivity contribution in [2.75, 3.05) is 10.6 Å². The van der Waals surface area contributed by atoms with Gasteiger partial charge in [-0.3, -0.25) is 9.59 Å². The van der Waals surface area contributed by atoms with E-state index >= 15 is 0 Å². The van der Waals surface area contributed by atoms with Gasteiger partial charge in [0.1, 0.15) is 16.1 Å². The molecule has 2 aromatic rings. The van der Waals surface area contributed by atoms with Gasteiger partial charge in [-0.05, 0) is 30.7 Å². The fraction of sp³-hybridized carbons (Fsp3) is 0.280. The summed E-state index contributed by atoms with van der Waals surface area (Å²) < 4.78 is 0. The Hall–Kier alpha value is -2.71. The van der Waals surface area contributed by atoms with Crippen LogP contribution in [0.15, 0.2) is 73.1 Å². The van der Waals surface area contributed by atoms with Crippen LogP contribution in [0.1, 0.15) is 19.3 Å². The number of hydrogen-bond donors (Lipinski definition) is 2. The third kappa shape index (κ3) is 7.19. The number of rotatable bonds is 10. The molecule has 0 saturated heterocycles. The first kappa shape index (κ1) is 24.6. The minimum Gasteiger partial charge on any atom is -0.326 e. The molecule has 0 unspecified atom stereocenters. The Kier molecular flexibility index (Phi) is 8.36. The maximum absolute atomic E-state index is 12.2. The summed E-state index contributed by atoms with van der Waals surface area (Å²) in [7, 11) is -3.19. The largest absolute Gasteiger partial charge is 0.326 e. The molecule has 0 bridgehead atoms. The van der Waals surface area contributed by atoms with Gasteiger partial charge in [0.25, 0.3) is 0 Å². The van der Waals surface area contributed by atoms with Gasteiger partial charge in [0.15, 0.2) is 0 Å². The highest BCUT2D eigenvalue weighted by Gasteiger charge is 2.19. The molecular formula is C25H34N2O2Si2. The van der Waals surface area contributed by atoms with Gasteiger partial charge in [0, 0.05) is 24.2 Å². The first-order valence-electron chi connectivity index (χ1n) is 10.7. The maximum Gasteiger partial charge on any atom is 0.224 e.